The Kier molecular flexibility index (Phi) is 5.81. The van der Waals surface area contributed by atoms with Gasteiger partial charge in [0.2, 0.25) is 0 Å². The quantitative estimate of drug-likeness (QED) is 0.791. The minimum absolute atomic E-state index is 0.0444. The molecule has 2 aliphatic rings. The number of urea groups is 1. The Morgan fingerprint density at radius 1 is 1.29 bits per heavy atom. The summed E-state index contributed by atoms with van der Waals surface area (Å²) in [7, 11) is 0. The van der Waals surface area contributed by atoms with Crippen molar-refractivity contribution < 1.29 is 19.4 Å². The molecule has 0 aromatic rings. The number of ether oxygens (including phenoxy) is 1. The van der Waals surface area contributed by atoms with E-state index in [1.54, 1.807) is 0 Å². The summed E-state index contributed by atoms with van der Waals surface area (Å²) >= 11 is 0. The van der Waals surface area contributed by atoms with E-state index in [0.717, 1.165) is 19.4 Å². The maximum Gasteiger partial charge on any atom is 0.320 e. The summed E-state index contributed by atoms with van der Waals surface area (Å²) in [6, 6.07) is 0.0444. The number of hydrogen-bond donors (Lipinski definition) is 1. The second kappa shape index (κ2) is 7.61. The van der Waals surface area contributed by atoms with E-state index in [-0.39, 0.29) is 18.7 Å². The summed E-state index contributed by atoms with van der Waals surface area (Å²) in [5.74, 6) is -0.816. The number of piperazine rings is 1. The van der Waals surface area contributed by atoms with Gasteiger partial charge in [0.25, 0.3) is 0 Å². The first-order chi connectivity index (χ1) is 10.1. The van der Waals surface area contributed by atoms with Crippen LogP contribution >= 0.6 is 0 Å². The third-order valence-electron chi connectivity index (χ3n) is 4.10. The van der Waals surface area contributed by atoms with Crippen molar-refractivity contribution >= 4 is 12.0 Å². The van der Waals surface area contributed by atoms with Crippen molar-refractivity contribution in [3.8, 4) is 0 Å². The number of carboxylic acid groups (broad SMARTS) is 1. The fraction of sp³-hybridized carbons (Fsp3) is 0.857. The highest BCUT2D eigenvalue weighted by molar-refractivity contribution is 5.74. The minimum Gasteiger partial charge on any atom is -0.480 e. The van der Waals surface area contributed by atoms with Crippen LogP contribution in [0.2, 0.25) is 0 Å². The van der Waals surface area contributed by atoms with Crippen molar-refractivity contribution in [3.05, 3.63) is 0 Å². The van der Waals surface area contributed by atoms with Gasteiger partial charge in [0.05, 0.1) is 12.6 Å². The molecule has 0 aromatic carbocycles. The number of amides is 2. The lowest BCUT2D eigenvalue weighted by Gasteiger charge is -2.37. The van der Waals surface area contributed by atoms with Gasteiger partial charge in [0.15, 0.2) is 0 Å². The Hall–Kier alpha value is -1.34. The van der Waals surface area contributed by atoms with Gasteiger partial charge in [-0.1, -0.05) is 0 Å². The van der Waals surface area contributed by atoms with E-state index in [1.165, 1.54) is 0 Å². The van der Waals surface area contributed by atoms with E-state index < -0.39 is 5.97 Å². The van der Waals surface area contributed by atoms with Gasteiger partial charge in [-0.3, -0.25) is 9.69 Å². The van der Waals surface area contributed by atoms with Crippen LogP contribution in [0.1, 0.15) is 19.8 Å². The van der Waals surface area contributed by atoms with E-state index in [0.29, 0.717) is 39.3 Å². The highest BCUT2D eigenvalue weighted by Crippen LogP contribution is 2.15. The van der Waals surface area contributed by atoms with Crippen LogP contribution in [0, 0.1) is 0 Å². The van der Waals surface area contributed by atoms with Gasteiger partial charge in [0, 0.05) is 45.9 Å². The summed E-state index contributed by atoms with van der Waals surface area (Å²) in [5, 5.41) is 8.78. The van der Waals surface area contributed by atoms with Crippen LogP contribution in [0.5, 0.6) is 0 Å². The summed E-state index contributed by atoms with van der Waals surface area (Å²) < 4.78 is 5.60. The van der Waals surface area contributed by atoms with Gasteiger partial charge in [-0.25, -0.2) is 4.79 Å². The topological polar surface area (TPSA) is 73.3 Å². The standard InChI is InChI=1S/C14H25N3O4/c1-2-16(10-12-4-3-9-21-12)14(20)17-7-5-15(6-8-17)11-13(18)19/h12H,2-11H2,1H3,(H,18,19). The zero-order chi connectivity index (χ0) is 15.2. The third kappa shape index (κ3) is 4.57. The average Bonchev–Trinajstić information content (AvgIpc) is 2.97. The fourth-order valence-corrected chi connectivity index (χ4v) is 2.87. The van der Waals surface area contributed by atoms with Crippen molar-refractivity contribution in [3.63, 3.8) is 0 Å². The molecule has 21 heavy (non-hydrogen) atoms. The molecule has 0 radical (unpaired) electrons. The van der Waals surface area contributed by atoms with Crippen molar-refractivity contribution in [1.29, 1.82) is 0 Å². The maximum atomic E-state index is 12.5. The molecule has 1 N–H and O–H groups in total. The predicted molar refractivity (Wildman–Crippen MR) is 77.3 cm³/mol. The lowest BCUT2D eigenvalue weighted by atomic mass is 10.2. The smallest absolute Gasteiger partial charge is 0.320 e. The van der Waals surface area contributed by atoms with Crippen LogP contribution in [0.4, 0.5) is 4.79 Å². The first-order valence-corrected chi connectivity index (χ1v) is 7.69. The Balaban J connectivity index is 1.80. The Morgan fingerprint density at radius 3 is 2.52 bits per heavy atom. The largest absolute Gasteiger partial charge is 0.480 e. The molecule has 0 spiro atoms. The van der Waals surface area contributed by atoms with Crippen LogP contribution in [0.25, 0.3) is 0 Å². The lowest BCUT2D eigenvalue weighted by molar-refractivity contribution is -0.138. The van der Waals surface area contributed by atoms with E-state index in [4.69, 9.17) is 9.84 Å². The first-order valence-electron chi connectivity index (χ1n) is 7.69. The number of nitrogens with zero attached hydrogens (tertiary/aromatic N) is 3. The SMILES string of the molecule is CCN(CC1CCCO1)C(=O)N1CCN(CC(=O)O)CC1. The molecule has 2 amide bonds. The molecule has 0 aromatic heterocycles. The zero-order valence-electron chi connectivity index (χ0n) is 12.7. The number of aliphatic carboxylic acids is 1. The van der Waals surface area contributed by atoms with Crippen LogP contribution in [0.3, 0.4) is 0 Å². The van der Waals surface area contributed by atoms with E-state index in [9.17, 15) is 9.59 Å². The van der Waals surface area contributed by atoms with Gasteiger partial charge in [-0.2, -0.15) is 0 Å². The molecule has 0 saturated carbocycles. The molecule has 2 fully saturated rings. The third-order valence-corrected chi connectivity index (χ3v) is 4.10. The monoisotopic (exact) mass is 299 g/mol. The lowest BCUT2D eigenvalue weighted by Crippen LogP contribution is -2.54. The van der Waals surface area contributed by atoms with Gasteiger partial charge in [-0.05, 0) is 19.8 Å². The Bertz CT molecular complexity index is 363. The number of rotatable bonds is 5. The highest BCUT2D eigenvalue weighted by atomic mass is 16.5. The van der Waals surface area contributed by atoms with Gasteiger partial charge in [-0.15, -0.1) is 0 Å². The van der Waals surface area contributed by atoms with Crippen molar-refractivity contribution in [2.45, 2.75) is 25.9 Å². The zero-order valence-corrected chi connectivity index (χ0v) is 12.7. The summed E-state index contributed by atoms with van der Waals surface area (Å²) in [5.41, 5.74) is 0. The molecule has 1 unspecified atom stereocenters. The number of hydrogen-bond acceptors (Lipinski definition) is 4. The first kappa shape index (κ1) is 16.0. The number of carbonyl (C=O) groups is 2. The predicted octanol–water partition coefficient (Wildman–Crippen LogP) is 0.310. The minimum atomic E-state index is -0.816. The molecule has 2 heterocycles. The maximum absolute atomic E-state index is 12.5. The molecule has 7 nitrogen and oxygen atoms in total. The van der Waals surface area contributed by atoms with Crippen LogP contribution in [0.15, 0.2) is 0 Å². The number of carboxylic acids is 1. The van der Waals surface area contributed by atoms with E-state index >= 15 is 0 Å². The van der Waals surface area contributed by atoms with Crippen molar-refractivity contribution in [1.82, 2.24) is 14.7 Å². The van der Waals surface area contributed by atoms with Crippen LogP contribution in [-0.2, 0) is 9.53 Å². The molecule has 2 rings (SSSR count). The van der Waals surface area contributed by atoms with Gasteiger partial charge in [0.1, 0.15) is 0 Å². The normalized spacial score (nSPS) is 23.3. The van der Waals surface area contributed by atoms with Crippen LogP contribution in [-0.4, -0.2) is 90.3 Å². The molecule has 0 aliphatic carbocycles. The Labute approximate surface area is 125 Å². The summed E-state index contributed by atoms with van der Waals surface area (Å²) in [6.45, 7) is 6.58. The number of carbonyl (C=O) groups excluding carboxylic acids is 1. The van der Waals surface area contributed by atoms with E-state index in [1.807, 2.05) is 21.6 Å². The molecule has 120 valence electrons. The van der Waals surface area contributed by atoms with E-state index in [2.05, 4.69) is 0 Å². The molecule has 7 heteroatoms. The molecule has 1 atom stereocenters. The molecular weight excluding hydrogens is 274 g/mol. The average molecular weight is 299 g/mol. The summed E-state index contributed by atoms with van der Waals surface area (Å²) in [4.78, 5) is 28.7. The fourth-order valence-electron chi connectivity index (χ4n) is 2.87. The number of likely N-dealkylation sites (N-methyl/N-ethyl adjacent to an activating group) is 1. The summed E-state index contributed by atoms with van der Waals surface area (Å²) in [6.07, 6.45) is 2.27. The van der Waals surface area contributed by atoms with Crippen LogP contribution < -0.4 is 0 Å². The molecular formula is C14H25N3O4. The van der Waals surface area contributed by atoms with Crippen molar-refractivity contribution in [2.24, 2.45) is 0 Å². The van der Waals surface area contributed by atoms with Crippen molar-refractivity contribution in [2.75, 3.05) is 52.4 Å². The molecule has 2 aliphatic heterocycles. The van der Waals surface area contributed by atoms with Gasteiger partial charge < -0.3 is 19.6 Å². The highest BCUT2D eigenvalue weighted by Gasteiger charge is 2.27. The van der Waals surface area contributed by atoms with Gasteiger partial charge >= 0.3 is 12.0 Å². The molecule has 0 bridgehead atoms. The Morgan fingerprint density at radius 2 is 2.00 bits per heavy atom. The second-order valence-electron chi connectivity index (χ2n) is 5.61. The molecule has 2 saturated heterocycles. The second-order valence-corrected chi connectivity index (χ2v) is 5.61.